The van der Waals surface area contributed by atoms with Crippen LogP contribution in [0.2, 0.25) is 0 Å². The molecule has 6 nitrogen and oxygen atoms in total. The van der Waals surface area contributed by atoms with E-state index in [0.717, 1.165) is 15.6 Å². The normalized spacial score (nSPS) is 12.9. The molecule has 0 saturated carbocycles. The summed E-state index contributed by atoms with van der Waals surface area (Å²) in [6, 6.07) is -0.629. The molecule has 0 aliphatic heterocycles. The molecule has 7 heteroatoms. The zero-order valence-corrected chi connectivity index (χ0v) is 13.5. The Hall–Kier alpha value is -1.63. The summed E-state index contributed by atoms with van der Waals surface area (Å²) in [4.78, 5) is 29.8. The van der Waals surface area contributed by atoms with E-state index in [1.165, 1.54) is 37.1 Å². The molecule has 1 aromatic heterocycles. The number of carbonyl (C=O) groups is 2. The van der Waals surface area contributed by atoms with Crippen molar-refractivity contribution < 1.29 is 14.7 Å². The van der Waals surface area contributed by atoms with Gasteiger partial charge in [0.05, 0.1) is 16.7 Å². The summed E-state index contributed by atoms with van der Waals surface area (Å²) in [5.41, 5.74) is -0.372. The number of aromatic nitrogens is 1. The summed E-state index contributed by atoms with van der Waals surface area (Å²) in [5.74, 6) is -1.05. The maximum absolute atomic E-state index is 12.1. The number of carboxylic acids is 1. The second-order valence-electron chi connectivity index (χ2n) is 5.28. The third kappa shape index (κ3) is 3.27. The number of nitrogens with one attached hydrogen (secondary N) is 1. The first-order valence-electron chi connectivity index (χ1n) is 6.29. The number of carbonyl (C=O) groups excluding carboxylic acids is 1. The molecule has 0 saturated heterocycles. The van der Waals surface area contributed by atoms with Crippen molar-refractivity contribution in [2.75, 3.05) is 7.05 Å². The lowest BCUT2D eigenvalue weighted by molar-refractivity contribution is -0.146. The van der Waals surface area contributed by atoms with E-state index >= 15 is 0 Å². The van der Waals surface area contributed by atoms with Gasteiger partial charge in [-0.05, 0) is 34.6 Å². The molecule has 112 valence electrons. The third-order valence-corrected chi connectivity index (χ3v) is 4.59. The monoisotopic (exact) mass is 299 g/mol. The fourth-order valence-electron chi connectivity index (χ4n) is 1.69. The molecule has 0 bridgehead atoms. The number of nitrogens with zero attached hydrogens (tertiary/aromatic N) is 2. The van der Waals surface area contributed by atoms with Gasteiger partial charge in [0.25, 0.3) is 0 Å². The number of aryl methyl sites for hydroxylation is 2. The van der Waals surface area contributed by atoms with E-state index in [4.69, 9.17) is 5.11 Å². The molecule has 1 rings (SSSR count). The van der Waals surface area contributed by atoms with Crippen molar-refractivity contribution in [1.29, 1.82) is 0 Å². The molecule has 1 unspecified atom stereocenters. The fourth-order valence-corrected chi connectivity index (χ4v) is 2.62. The van der Waals surface area contributed by atoms with Crippen LogP contribution in [0.5, 0.6) is 0 Å². The Morgan fingerprint density at radius 3 is 2.35 bits per heavy atom. The summed E-state index contributed by atoms with van der Waals surface area (Å²) in [6.07, 6.45) is 0. The van der Waals surface area contributed by atoms with E-state index in [1.807, 2.05) is 20.8 Å². The Morgan fingerprint density at radius 1 is 1.40 bits per heavy atom. The van der Waals surface area contributed by atoms with Crippen LogP contribution in [-0.4, -0.2) is 39.6 Å². The van der Waals surface area contributed by atoms with E-state index in [0.29, 0.717) is 0 Å². The van der Waals surface area contributed by atoms with Crippen LogP contribution in [0.25, 0.3) is 0 Å². The molecular formula is C13H21N3O3S. The number of amides is 2. The molecule has 1 heterocycles. The third-order valence-electron chi connectivity index (χ3n) is 3.34. The highest BCUT2D eigenvalue weighted by Gasteiger charge is 2.35. The first-order chi connectivity index (χ1) is 9.07. The largest absolute Gasteiger partial charge is 0.480 e. The predicted molar refractivity (Wildman–Crippen MR) is 78.0 cm³/mol. The summed E-state index contributed by atoms with van der Waals surface area (Å²) >= 11 is 1.53. The highest BCUT2D eigenvalue weighted by molar-refractivity contribution is 7.11. The molecular weight excluding hydrogens is 278 g/mol. The molecule has 0 aliphatic carbocycles. The standard InChI is InChI=1S/C13H21N3O3S/c1-7-10(20-9(3)14-7)8(2)15-12(19)16(6)13(4,5)11(17)18/h8H,1-6H3,(H,15,19)(H,17,18). The van der Waals surface area contributed by atoms with Gasteiger partial charge >= 0.3 is 12.0 Å². The van der Waals surface area contributed by atoms with E-state index in [2.05, 4.69) is 10.3 Å². The molecule has 0 radical (unpaired) electrons. The lowest BCUT2D eigenvalue weighted by Gasteiger charge is -2.32. The van der Waals surface area contributed by atoms with Gasteiger partial charge in [0.15, 0.2) is 0 Å². The first kappa shape index (κ1) is 16.4. The lowest BCUT2D eigenvalue weighted by Crippen LogP contribution is -2.54. The van der Waals surface area contributed by atoms with E-state index in [-0.39, 0.29) is 6.04 Å². The van der Waals surface area contributed by atoms with E-state index in [1.54, 1.807) is 0 Å². The Kier molecular flexibility index (Phi) is 4.75. The molecule has 0 fully saturated rings. The maximum Gasteiger partial charge on any atom is 0.329 e. The first-order valence-corrected chi connectivity index (χ1v) is 7.10. The summed E-state index contributed by atoms with van der Waals surface area (Å²) in [6.45, 7) is 8.64. The van der Waals surface area contributed by atoms with Crippen molar-refractivity contribution in [3.05, 3.63) is 15.6 Å². The fraction of sp³-hybridized carbons (Fsp3) is 0.615. The minimum atomic E-state index is -1.26. The summed E-state index contributed by atoms with van der Waals surface area (Å²) in [7, 11) is 1.47. The van der Waals surface area contributed by atoms with Gasteiger partial charge in [0.1, 0.15) is 5.54 Å². The average molecular weight is 299 g/mol. The number of hydrogen-bond acceptors (Lipinski definition) is 4. The van der Waals surface area contributed by atoms with Crippen molar-refractivity contribution in [1.82, 2.24) is 15.2 Å². The molecule has 2 amide bonds. The molecule has 0 spiro atoms. The zero-order valence-electron chi connectivity index (χ0n) is 12.6. The number of rotatable bonds is 4. The second-order valence-corrected chi connectivity index (χ2v) is 6.51. The highest BCUT2D eigenvalue weighted by Crippen LogP contribution is 2.25. The quantitative estimate of drug-likeness (QED) is 0.894. The molecule has 2 N–H and O–H groups in total. The minimum Gasteiger partial charge on any atom is -0.480 e. The van der Waals surface area contributed by atoms with Crippen molar-refractivity contribution >= 4 is 23.3 Å². The topological polar surface area (TPSA) is 82.5 Å². The number of urea groups is 1. The Bertz CT molecular complexity index is 525. The van der Waals surface area contributed by atoms with Crippen molar-refractivity contribution in [3.8, 4) is 0 Å². The number of hydrogen-bond donors (Lipinski definition) is 2. The molecule has 1 aromatic rings. The van der Waals surface area contributed by atoms with Gasteiger partial charge in [-0.1, -0.05) is 0 Å². The van der Waals surface area contributed by atoms with Crippen LogP contribution in [-0.2, 0) is 4.79 Å². The van der Waals surface area contributed by atoms with Crippen LogP contribution in [0, 0.1) is 13.8 Å². The maximum atomic E-state index is 12.1. The van der Waals surface area contributed by atoms with Crippen LogP contribution < -0.4 is 5.32 Å². The zero-order chi connectivity index (χ0) is 15.7. The lowest BCUT2D eigenvalue weighted by atomic mass is 10.0. The molecule has 1 atom stereocenters. The Balaban J connectivity index is 2.81. The molecule has 0 aromatic carbocycles. The van der Waals surface area contributed by atoms with E-state index in [9.17, 15) is 9.59 Å². The smallest absolute Gasteiger partial charge is 0.329 e. The number of aliphatic carboxylic acids is 1. The highest BCUT2D eigenvalue weighted by atomic mass is 32.1. The molecule has 20 heavy (non-hydrogen) atoms. The van der Waals surface area contributed by atoms with Crippen LogP contribution in [0.4, 0.5) is 4.79 Å². The number of thiazole rings is 1. The molecule has 0 aliphatic rings. The van der Waals surface area contributed by atoms with Gasteiger partial charge in [-0.3, -0.25) is 0 Å². The minimum absolute atomic E-state index is 0.208. The van der Waals surface area contributed by atoms with Crippen molar-refractivity contribution in [3.63, 3.8) is 0 Å². The predicted octanol–water partition coefficient (Wildman–Crippen LogP) is 2.33. The second kappa shape index (κ2) is 5.78. The van der Waals surface area contributed by atoms with Crippen LogP contribution >= 0.6 is 11.3 Å². The van der Waals surface area contributed by atoms with Crippen LogP contribution in [0.1, 0.15) is 42.4 Å². The van der Waals surface area contributed by atoms with Gasteiger partial charge in [0, 0.05) is 11.9 Å². The van der Waals surface area contributed by atoms with Gasteiger partial charge in [-0.2, -0.15) is 0 Å². The number of likely N-dealkylation sites (N-methyl/N-ethyl adjacent to an activating group) is 1. The van der Waals surface area contributed by atoms with Crippen LogP contribution in [0.3, 0.4) is 0 Å². The van der Waals surface area contributed by atoms with Crippen LogP contribution in [0.15, 0.2) is 0 Å². The Labute approximate surface area is 122 Å². The summed E-state index contributed by atoms with van der Waals surface area (Å²) < 4.78 is 0. The average Bonchev–Trinajstić information content (AvgIpc) is 2.67. The SMILES string of the molecule is Cc1nc(C)c(C(C)NC(=O)N(C)C(C)(C)C(=O)O)s1. The van der Waals surface area contributed by atoms with Gasteiger partial charge in [-0.15, -0.1) is 11.3 Å². The van der Waals surface area contributed by atoms with Crippen molar-refractivity contribution in [2.24, 2.45) is 0 Å². The Morgan fingerprint density at radius 2 is 1.95 bits per heavy atom. The van der Waals surface area contributed by atoms with Crippen molar-refractivity contribution in [2.45, 2.75) is 46.2 Å². The van der Waals surface area contributed by atoms with Gasteiger partial charge in [0.2, 0.25) is 0 Å². The van der Waals surface area contributed by atoms with E-state index < -0.39 is 17.5 Å². The van der Waals surface area contributed by atoms with Gasteiger partial charge < -0.3 is 15.3 Å². The van der Waals surface area contributed by atoms with Gasteiger partial charge in [-0.25, -0.2) is 14.6 Å². The summed E-state index contributed by atoms with van der Waals surface area (Å²) in [5, 5.41) is 12.9. The number of carboxylic acid groups (broad SMARTS) is 1.